The van der Waals surface area contributed by atoms with Crippen LogP contribution in [0.4, 0.5) is 0 Å². The second kappa shape index (κ2) is 12.0. The molecule has 0 bridgehead atoms. The first kappa shape index (κ1) is 17.8. The van der Waals surface area contributed by atoms with E-state index in [0.717, 1.165) is 49.0 Å². The minimum atomic E-state index is -0.600. The number of benzene rings is 9. The zero-order chi connectivity index (χ0) is 46.8. The molecule has 1 heterocycles. The van der Waals surface area contributed by atoms with Crippen LogP contribution < -0.4 is 0 Å². The Bertz CT molecular complexity index is 3640. The molecule has 1 aromatic heterocycles. The Morgan fingerprint density at radius 1 is 0.333 bits per heavy atom. The first-order valence-corrected chi connectivity index (χ1v) is 16.3. The van der Waals surface area contributed by atoms with Crippen molar-refractivity contribution in [2.24, 2.45) is 0 Å². The van der Waals surface area contributed by atoms with Crippen LogP contribution in [-0.2, 0) is 0 Å². The third-order valence-electron chi connectivity index (χ3n) is 9.33. The lowest BCUT2D eigenvalue weighted by atomic mass is 9.83. The average molecular weight is 664 g/mol. The second-order valence-corrected chi connectivity index (χ2v) is 12.1. The first-order valence-electron chi connectivity index (χ1n) is 23.8. The highest BCUT2D eigenvalue weighted by molar-refractivity contribution is 6.25. The van der Waals surface area contributed by atoms with Crippen molar-refractivity contribution in [2.75, 3.05) is 0 Å². The van der Waals surface area contributed by atoms with Crippen molar-refractivity contribution in [1.82, 2.24) is 0 Å². The molecule has 1 nitrogen and oxygen atoms in total. The van der Waals surface area contributed by atoms with E-state index in [1.165, 1.54) is 0 Å². The van der Waals surface area contributed by atoms with Crippen LogP contribution in [0.15, 0.2) is 198 Å². The SMILES string of the molecule is [2H]c1c([2H])c([2H])c(-c2ccc3c(c2)oc2cccc(-c4c5ccccc5c(-c5ccc(-c6c([2H])c([2H])c([2H])c([2H])c6[2H])c(-c6c([2H])c([2H])c([2H])c([2H])c6[2H])c5)c5ccccc45)c23)c([2H])c1[2H]. The lowest BCUT2D eigenvalue weighted by molar-refractivity contribution is 0.669. The fraction of sp³-hybridized carbons (Fsp3) is 0. The molecule has 0 amide bonds. The Hall–Kier alpha value is -6.70. The van der Waals surface area contributed by atoms with Gasteiger partial charge >= 0.3 is 0 Å². The minimum absolute atomic E-state index is 0.0623. The lowest BCUT2D eigenvalue weighted by Gasteiger charge is -2.19. The highest BCUT2D eigenvalue weighted by atomic mass is 16.3. The maximum atomic E-state index is 9.01. The molecule has 0 spiro atoms. The molecule has 51 heavy (non-hydrogen) atoms. The van der Waals surface area contributed by atoms with Gasteiger partial charge in [0, 0.05) is 10.8 Å². The molecule has 0 saturated carbocycles. The Morgan fingerprint density at radius 2 is 0.882 bits per heavy atom. The van der Waals surface area contributed by atoms with Crippen LogP contribution in [0.1, 0.15) is 20.6 Å². The molecule has 0 aliphatic rings. The van der Waals surface area contributed by atoms with Gasteiger partial charge in [-0.2, -0.15) is 0 Å². The molecule has 0 aliphatic carbocycles. The highest BCUT2D eigenvalue weighted by Gasteiger charge is 2.21. The second-order valence-electron chi connectivity index (χ2n) is 12.1. The van der Waals surface area contributed by atoms with Crippen LogP contribution in [0.2, 0.25) is 0 Å². The Morgan fingerprint density at radius 3 is 1.51 bits per heavy atom. The van der Waals surface area contributed by atoms with E-state index in [4.69, 9.17) is 25.0 Å². The molecule has 0 radical (unpaired) electrons. The standard InChI is InChI=1S/C50H32O/c1-4-15-33(16-5-1)36-27-30-43-47(32-36)51-46-26-14-25-44(50(43)46)49-41-23-12-10-21-39(41)48(40-22-11-13-24-42(40)49)37-28-29-38(34-17-6-2-7-18-34)45(31-37)35-19-8-3-9-20-35/h1-32H/i1D,2D,3D,4D,5D,6D,7D,8D,9D,15D,16D,17D,18D,19D,20D. The number of rotatable bonds is 5. The number of furan rings is 1. The van der Waals surface area contributed by atoms with Crippen LogP contribution >= 0.6 is 0 Å². The minimum Gasteiger partial charge on any atom is -0.456 e. The smallest absolute Gasteiger partial charge is 0.136 e. The van der Waals surface area contributed by atoms with Crippen LogP contribution in [0.3, 0.4) is 0 Å². The van der Waals surface area contributed by atoms with Gasteiger partial charge in [0.15, 0.2) is 0 Å². The molecule has 10 rings (SSSR count). The molecule has 9 aromatic carbocycles. The van der Waals surface area contributed by atoms with E-state index in [1.807, 2.05) is 72.8 Å². The summed E-state index contributed by atoms with van der Waals surface area (Å²) in [4.78, 5) is 0. The van der Waals surface area contributed by atoms with E-state index in [0.29, 0.717) is 22.3 Å². The van der Waals surface area contributed by atoms with Gasteiger partial charge in [-0.25, -0.2) is 0 Å². The van der Waals surface area contributed by atoms with Crippen molar-refractivity contribution in [1.29, 1.82) is 0 Å². The van der Waals surface area contributed by atoms with Crippen molar-refractivity contribution >= 4 is 43.5 Å². The lowest BCUT2D eigenvalue weighted by Crippen LogP contribution is -1.93. The summed E-state index contributed by atoms with van der Waals surface area (Å²) < 4.78 is 134. The van der Waals surface area contributed by atoms with Gasteiger partial charge in [-0.1, -0.05) is 169 Å². The van der Waals surface area contributed by atoms with Crippen LogP contribution in [0.25, 0.3) is 99.1 Å². The largest absolute Gasteiger partial charge is 0.456 e. The molecule has 0 fully saturated rings. The zero-order valence-electron chi connectivity index (χ0n) is 41.7. The average Bonchev–Trinajstić information content (AvgIpc) is 3.71. The van der Waals surface area contributed by atoms with Gasteiger partial charge < -0.3 is 4.42 Å². The molecule has 10 aromatic rings. The van der Waals surface area contributed by atoms with Gasteiger partial charge in [-0.05, 0) is 101 Å². The fourth-order valence-electron chi connectivity index (χ4n) is 7.21. The van der Waals surface area contributed by atoms with E-state index in [-0.39, 0.29) is 39.9 Å². The summed E-state index contributed by atoms with van der Waals surface area (Å²) in [5.74, 6) is 0. The third kappa shape index (κ3) is 4.86. The zero-order valence-corrected chi connectivity index (χ0v) is 26.7. The Kier molecular flexibility index (Phi) is 4.19. The highest BCUT2D eigenvalue weighted by Crippen LogP contribution is 2.48. The molecule has 0 N–H and O–H groups in total. The molecule has 0 aliphatic heterocycles. The maximum Gasteiger partial charge on any atom is 0.136 e. The summed E-state index contributed by atoms with van der Waals surface area (Å²) in [5.41, 5.74) is 4.28. The monoisotopic (exact) mass is 663 g/mol. The Labute approximate surface area is 317 Å². The topological polar surface area (TPSA) is 13.1 Å². The predicted molar refractivity (Wildman–Crippen MR) is 216 cm³/mol. The molecule has 0 saturated heterocycles. The van der Waals surface area contributed by atoms with Crippen LogP contribution in [-0.4, -0.2) is 0 Å². The Balaban J connectivity index is 1.26. The van der Waals surface area contributed by atoms with Crippen molar-refractivity contribution in [3.05, 3.63) is 194 Å². The van der Waals surface area contributed by atoms with E-state index in [9.17, 15) is 0 Å². The van der Waals surface area contributed by atoms with Gasteiger partial charge in [0.2, 0.25) is 0 Å². The summed E-state index contributed by atoms with van der Waals surface area (Å²) in [6.07, 6.45) is 0. The third-order valence-corrected chi connectivity index (χ3v) is 9.33. The van der Waals surface area contributed by atoms with Crippen molar-refractivity contribution in [3.63, 3.8) is 0 Å². The molecule has 1 heteroatoms. The number of fused-ring (bicyclic) bond motifs is 5. The molecular weight excluding hydrogens is 617 g/mol. The number of hydrogen-bond acceptors (Lipinski definition) is 1. The van der Waals surface area contributed by atoms with Gasteiger partial charge in [0.1, 0.15) is 11.2 Å². The number of hydrogen-bond donors (Lipinski definition) is 0. The summed E-state index contributed by atoms with van der Waals surface area (Å²) in [7, 11) is 0. The summed E-state index contributed by atoms with van der Waals surface area (Å²) in [5, 5.41) is 4.78. The summed E-state index contributed by atoms with van der Waals surface area (Å²) in [6, 6.07) is 24.0. The van der Waals surface area contributed by atoms with Gasteiger partial charge in [-0.15, -0.1) is 0 Å². The van der Waals surface area contributed by atoms with Crippen LogP contribution in [0.5, 0.6) is 0 Å². The summed E-state index contributed by atoms with van der Waals surface area (Å²) in [6.45, 7) is 0. The maximum absolute atomic E-state index is 9.01. The molecule has 0 unspecified atom stereocenters. The molecule has 0 atom stereocenters. The fourth-order valence-corrected chi connectivity index (χ4v) is 7.21. The van der Waals surface area contributed by atoms with Crippen LogP contribution in [0, 0.1) is 0 Å². The van der Waals surface area contributed by atoms with Crippen molar-refractivity contribution < 1.29 is 25.0 Å². The van der Waals surface area contributed by atoms with Gasteiger partial charge in [0.25, 0.3) is 0 Å². The van der Waals surface area contributed by atoms with E-state index < -0.39 is 78.6 Å². The van der Waals surface area contributed by atoms with Crippen molar-refractivity contribution in [3.8, 4) is 55.6 Å². The van der Waals surface area contributed by atoms with E-state index in [2.05, 4.69) is 0 Å². The van der Waals surface area contributed by atoms with Gasteiger partial charge in [0.05, 0.1) is 20.6 Å². The van der Waals surface area contributed by atoms with E-state index >= 15 is 0 Å². The normalized spacial score (nSPS) is 15.6. The van der Waals surface area contributed by atoms with Crippen molar-refractivity contribution in [2.45, 2.75) is 0 Å². The molecular formula is C50H32O. The van der Waals surface area contributed by atoms with E-state index in [1.54, 1.807) is 30.3 Å². The van der Waals surface area contributed by atoms with Gasteiger partial charge in [-0.3, -0.25) is 0 Å². The molecule has 238 valence electrons. The first-order chi connectivity index (χ1) is 31.5. The predicted octanol–water partition coefficient (Wildman–Crippen LogP) is 14.2. The summed E-state index contributed by atoms with van der Waals surface area (Å²) >= 11 is 0. The quantitative estimate of drug-likeness (QED) is 0.167.